The number of aliphatic imine (C=N–C) groups is 1. The molecule has 0 aliphatic heterocycles. The molecule has 1 fully saturated rings. The zero-order valence-electron chi connectivity index (χ0n) is 14.8. The summed E-state index contributed by atoms with van der Waals surface area (Å²) in [6, 6.07) is 0.521. The van der Waals surface area contributed by atoms with Gasteiger partial charge in [0.05, 0.1) is 6.54 Å². The number of rotatable bonds is 7. The Morgan fingerprint density at radius 3 is 2.32 bits per heavy atom. The van der Waals surface area contributed by atoms with Crippen LogP contribution in [-0.2, 0) is 4.79 Å². The van der Waals surface area contributed by atoms with E-state index < -0.39 is 0 Å². The number of hydrogen-bond donors (Lipinski definition) is 2. The second-order valence-corrected chi connectivity index (χ2v) is 6.18. The van der Waals surface area contributed by atoms with Crippen LogP contribution in [-0.4, -0.2) is 49.0 Å². The van der Waals surface area contributed by atoms with Crippen molar-refractivity contribution in [3.8, 4) is 0 Å². The smallest absolute Gasteiger partial charge is 0.224 e. The number of hydrogen-bond acceptors (Lipinski definition) is 2. The molecule has 1 amide bonds. The molecule has 0 aromatic carbocycles. The summed E-state index contributed by atoms with van der Waals surface area (Å²) in [5.41, 5.74) is 0. The topological polar surface area (TPSA) is 56.7 Å². The summed E-state index contributed by atoms with van der Waals surface area (Å²) < 4.78 is 0. The van der Waals surface area contributed by atoms with Crippen molar-refractivity contribution in [1.29, 1.82) is 0 Å². The van der Waals surface area contributed by atoms with Crippen LogP contribution in [0.2, 0.25) is 0 Å². The molecule has 22 heavy (non-hydrogen) atoms. The van der Waals surface area contributed by atoms with Crippen LogP contribution < -0.4 is 10.6 Å². The maximum absolute atomic E-state index is 12.0. The number of nitrogens with one attached hydrogen (secondary N) is 2. The van der Waals surface area contributed by atoms with Gasteiger partial charge in [0.15, 0.2) is 5.96 Å². The van der Waals surface area contributed by atoms with Crippen LogP contribution in [0.15, 0.2) is 4.99 Å². The number of nitrogens with zero attached hydrogens (tertiary/aromatic N) is 2. The van der Waals surface area contributed by atoms with Crippen LogP contribution in [0.4, 0.5) is 0 Å². The summed E-state index contributed by atoms with van der Waals surface area (Å²) in [5.74, 6) is 1.90. The van der Waals surface area contributed by atoms with Gasteiger partial charge in [0.2, 0.25) is 5.91 Å². The monoisotopic (exact) mass is 310 g/mol. The Bertz CT molecular complexity index is 345. The first-order chi connectivity index (χ1) is 10.6. The van der Waals surface area contributed by atoms with Crippen LogP contribution in [0, 0.1) is 5.92 Å². The highest BCUT2D eigenvalue weighted by atomic mass is 16.2. The number of amides is 1. The zero-order chi connectivity index (χ0) is 16.4. The zero-order valence-corrected chi connectivity index (χ0v) is 14.8. The molecule has 1 aliphatic rings. The summed E-state index contributed by atoms with van der Waals surface area (Å²) >= 11 is 0. The summed E-state index contributed by atoms with van der Waals surface area (Å²) in [6.45, 7) is 11.4. The summed E-state index contributed by atoms with van der Waals surface area (Å²) in [7, 11) is 0. The largest absolute Gasteiger partial charge is 0.357 e. The average Bonchev–Trinajstić information content (AvgIpc) is 2.51. The molecule has 0 bridgehead atoms. The van der Waals surface area contributed by atoms with Crippen molar-refractivity contribution in [3.63, 3.8) is 0 Å². The van der Waals surface area contributed by atoms with Crippen molar-refractivity contribution in [1.82, 2.24) is 15.5 Å². The predicted molar refractivity (Wildman–Crippen MR) is 93.1 cm³/mol. The lowest BCUT2D eigenvalue weighted by atomic mass is 9.87. The second-order valence-electron chi connectivity index (χ2n) is 6.18. The first kappa shape index (κ1) is 18.8. The van der Waals surface area contributed by atoms with E-state index in [0.717, 1.165) is 31.5 Å². The molecule has 1 rings (SSSR count). The molecule has 0 radical (unpaired) electrons. The molecule has 1 saturated carbocycles. The lowest BCUT2D eigenvalue weighted by molar-refractivity contribution is -0.130. The van der Waals surface area contributed by atoms with Crippen molar-refractivity contribution in [2.75, 3.05) is 26.2 Å². The molecule has 0 heterocycles. The molecule has 0 aromatic heterocycles. The van der Waals surface area contributed by atoms with Gasteiger partial charge in [0, 0.05) is 32.1 Å². The van der Waals surface area contributed by atoms with Gasteiger partial charge in [-0.15, -0.1) is 0 Å². The Kier molecular flexibility index (Phi) is 8.94. The lowest BCUT2D eigenvalue weighted by Gasteiger charge is -2.28. The average molecular weight is 310 g/mol. The Balaban J connectivity index is 2.43. The molecule has 5 nitrogen and oxygen atoms in total. The van der Waals surface area contributed by atoms with Gasteiger partial charge in [0.25, 0.3) is 0 Å². The van der Waals surface area contributed by atoms with Crippen molar-refractivity contribution < 1.29 is 4.79 Å². The van der Waals surface area contributed by atoms with Crippen LogP contribution in [0.25, 0.3) is 0 Å². The minimum absolute atomic E-state index is 0.191. The van der Waals surface area contributed by atoms with E-state index in [-0.39, 0.29) is 5.91 Å². The van der Waals surface area contributed by atoms with Crippen molar-refractivity contribution >= 4 is 11.9 Å². The second kappa shape index (κ2) is 10.5. The van der Waals surface area contributed by atoms with Gasteiger partial charge in [-0.3, -0.25) is 9.79 Å². The highest BCUT2D eigenvalue weighted by molar-refractivity contribution is 5.81. The minimum Gasteiger partial charge on any atom is -0.357 e. The highest BCUT2D eigenvalue weighted by Crippen LogP contribution is 2.23. The third-order valence-corrected chi connectivity index (χ3v) is 4.41. The van der Waals surface area contributed by atoms with Crippen LogP contribution >= 0.6 is 0 Å². The Labute approximate surface area is 135 Å². The molecule has 2 N–H and O–H groups in total. The minimum atomic E-state index is 0.191. The summed E-state index contributed by atoms with van der Waals surface area (Å²) in [4.78, 5) is 18.4. The van der Waals surface area contributed by atoms with Crippen molar-refractivity contribution in [2.45, 2.75) is 65.8 Å². The maximum atomic E-state index is 12.0. The van der Waals surface area contributed by atoms with Crippen molar-refractivity contribution in [2.24, 2.45) is 10.9 Å². The van der Waals surface area contributed by atoms with E-state index in [1.54, 1.807) is 0 Å². The third kappa shape index (κ3) is 6.67. The fourth-order valence-electron chi connectivity index (χ4n) is 2.92. The van der Waals surface area contributed by atoms with Crippen LogP contribution in [0.5, 0.6) is 0 Å². The van der Waals surface area contributed by atoms with Gasteiger partial charge >= 0.3 is 0 Å². The first-order valence-electron chi connectivity index (χ1n) is 8.93. The standard InChI is InChI=1S/C17H34N4O/c1-5-18-17(20-15-10-8-14(4)9-11-15)19-13-12-16(22)21(6-2)7-3/h14-15H,5-13H2,1-4H3,(H2,18,19,20). The van der Waals surface area contributed by atoms with E-state index in [4.69, 9.17) is 0 Å². The van der Waals surface area contributed by atoms with E-state index in [1.165, 1.54) is 25.7 Å². The molecule has 0 unspecified atom stereocenters. The molecule has 0 spiro atoms. The molecule has 5 heteroatoms. The van der Waals surface area contributed by atoms with Gasteiger partial charge in [0.1, 0.15) is 0 Å². The quantitative estimate of drug-likeness (QED) is 0.561. The maximum Gasteiger partial charge on any atom is 0.224 e. The highest BCUT2D eigenvalue weighted by Gasteiger charge is 2.18. The third-order valence-electron chi connectivity index (χ3n) is 4.41. The lowest BCUT2D eigenvalue weighted by Crippen LogP contribution is -2.45. The summed E-state index contributed by atoms with van der Waals surface area (Å²) in [6.07, 6.45) is 5.49. The van der Waals surface area contributed by atoms with Gasteiger partial charge in [-0.05, 0) is 52.4 Å². The molecule has 0 atom stereocenters. The fourth-order valence-corrected chi connectivity index (χ4v) is 2.92. The summed E-state index contributed by atoms with van der Waals surface area (Å²) in [5, 5.41) is 6.81. The van der Waals surface area contributed by atoms with Gasteiger partial charge < -0.3 is 15.5 Å². The molecule has 128 valence electrons. The van der Waals surface area contributed by atoms with Gasteiger partial charge in [-0.25, -0.2) is 0 Å². The van der Waals surface area contributed by atoms with E-state index in [2.05, 4.69) is 29.5 Å². The van der Waals surface area contributed by atoms with Crippen LogP contribution in [0.1, 0.15) is 59.8 Å². The molecular formula is C17H34N4O. The van der Waals surface area contributed by atoms with E-state index in [1.807, 2.05) is 18.7 Å². The SMILES string of the molecule is CCNC(=NCCC(=O)N(CC)CC)NC1CCC(C)CC1. The normalized spacial score (nSPS) is 22.3. The molecule has 0 aromatic rings. The molecular weight excluding hydrogens is 276 g/mol. The number of guanidine groups is 1. The van der Waals surface area contributed by atoms with E-state index in [0.29, 0.717) is 19.0 Å². The molecule has 1 aliphatic carbocycles. The van der Waals surface area contributed by atoms with Gasteiger partial charge in [-0.2, -0.15) is 0 Å². The predicted octanol–water partition coefficient (Wildman–Crippen LogP) is 2.38. The van der Waals surface area contributed by atoms with Gasteiger partial charge in [-0.1, -0.05) is 6.92 Å². The van der Waals surface area contributed by atoms with E-state index >= 15 is 0 Å². The number of carbonyl (C=O) groups excluding carboxylic acids is 1. The number of carbonyl (C=O) groups is 1. The Morgan fingerprint density at radius 1 is 1.14 bits per heavy atom. The van der Waals surface area contributed by atoms with E-state index in [9.17, 15) is 4.79 Å². The fraction of sp³-hybridized carbons (Fsp3) is 0.882. The van der Waals surface area contributed by atoms with Crippen molar-refractivity contribution in [3.05, 3.63) is 0 Å². The first-order valence-corrected chi connectivity index (χ1v) is 8.93. The Morgan fingerprint density at radius 2 is 1.77 bits per heavy atom. The molecule has 0 saturated heterocycles. The van der Waals surface area contributed by atoms with Crippen LogP contribution in [0.3, 0.4) is 0 Å². The Hall–Kier alpha value is -1.26.